The summed E-state index contributed by atoms with van der Waals surface area (Å²) in [5, 5.41) is 6.86. The second kappa shape index (κ2) is 8.82. The Morgan fingerprint density at radius 1 is 1.10 bits per heavy atom. The summed E-state index contributed by atoms with van der Waals surface area (Å²) in [6, 6.07) is 19.5. The van der Waals surface area contributed by atoms with Crippen molar-refractivity contribution < 1.29 is 14.1 Å². The molecule has 2 aromatic carbocycles. The van der Waals surface area contributed by atoms with E-state index in [0.29, 0.717) is 12.4 Å². The Hall–Kier alpha value is -3.28. The van der Waals surface area contributed by atoms with Crippen LogP contribution in [-0.4, -0.2) is 24.7 Å². The highest BCUT2D eigenvalue weighted by atomic mass is 16.5. The summed E-state index contributed by atoms with van der Waals surface area (Å²) in [7, 11) is 1.63. The predicted octanol–water partition coefficient (Wildman–Crippen LogP) is 4.63. The van der Waals surface area contributed by atoms with Crippen molar-refractivity contribution in [3.63, 3.8) is 0 Å². The Labute approximate surface area is 171 Å². The van der Waals surface area contributed by atoms with Gasteiger partial charge in [0.1, 0.15) is 5.75 Å². The van der Waals surface area contributed by atoms with E-state index in [1.54, 1.807) is 13.2 Å². The van der Waals surface area contributed by atoms with Crippen molar-refractivity contribution in [2.24, 2.45) is 0 Å². The number of anilines is 2. The SMILES string of the molecule is COc1ccc(N(CC(=O)Nc2cc(C(C)(C)C)no2)Cc2ccccc2)cc1. The largest absolute Gasteiger partial charge is 0.497 e. The van der Waals surface area contributed by atoms with Crippen molar-refractivity contribution in [2.75, 3.05) is 23.9 Å². The van der Waals surface area contributed by atoms with Crippen molar-refractivity contribution in [3.8, 4) is 5.75 Å². The topological polar surface area (TPSA) is 67.6 Å². The Balaban J connectivity index is 1.74. The lowest BCUT2D eigenvalue weighted by atomic mass is 9.92. The van der Waals surface area contributed by atoms with Crippen LogP contribution in [0, 0.1) is 0 Å². The molecule has 0 aliphatic carbocycles. The summed E-state index contributed by atoms with van der Waals surface area (Å²) in [6.07, 6.45) is 0. The van der Waals surface area contributed by atoms with Crippen LogP contribution in [-0.2, 0) is 16.8 Å². The lowest BCUT2D eigenvalue weighted by Gasteiger charge is -2.24. The molecule has 0 spiro atoms. The molecular weight excluding hydrogens is 366 g/mol. The summed E-state index contributed by atoms with van der Waals surface area (Å²) in [5.74, 6) is 0.955. The normalized spacial score (nSPS) is 11.2. The highest BCUT2D eigenvalue weighted by Crippen LogP contribution is 2.24. The number of methoxy groups -OCH3 is 1. The smallest absolute Gasteiger partial charge is 0.246 e. The zero-order valence-electron chi connectivity index (χ0n) is 17.3. The van der Waals surface area contributed by atoms with Crippen LogP contribution < -0.4 is 15.0 Å². The fourth-order valence-electron chi connectivity index (χ4n) is 2.87. The number of benzene rings is 2. The van der Waals surface area contributed by atoms with Crippen LogP contribution in [0.4, 0.5) is 11.6 Å². The maximum atomic E-state index is 12.7. The second-order valence-electron chi connectivity index (χ2n) is 7.91. The Kier molecular flexibility index (Phi) is 6.22. The van der Waals surface area contributed by atoms with E-state index >= 15 is 0 Å². The number of aromatic nitrogens is 1. The maximum absolute atomic E-state index is 12.7. The van der Waals surface area contributed by atoms with E-state index in [1.165, 1.54) is 0 Å². The lowest BCUT2D eigenvalue weighted by Crippen LogP contribution is -2.32. The average Bonchev–Trinajstić information content (AvgIpc) is 3.17. The number of nitrogens with zero attached hydrogens (tertiary/aromatic N) is 2. The Morgan fingerprint density at radius 2 is 1.79 bits per heavy atom. The van der Waals surface area contributed by atoms with Gasteiger partial charge < -0.3 is 14.2 Å². The third kappa shape index (κ3) is 5.60. The maximum Gasteiger partial charge on any atom is 0.246 e. The molecule has 0 bridgehead atoms. The third-order valence-corrected chi connectivity index (χ3v) is 4.53. The molecule has 0 fully saturated rings. The van der Waals surface area contributed by atoms with Crippen LogP contribution in [0.5, 0.6) is 5.75 Å². The van der Waals surface area contributed by atoms with Gasteiger partial charge in [0.2, 0.25) is 11.8 Å². The molecule has 0 atom stereocenters. The predicted molar refractivity (Wildman–Crippen MR) is 114 cm³/mol. The van der Waals surface area contributed by atoms with E-state index in [1.807, 2.05) is 80.3 Å². The van der Waals surface area contributed by atoms with E-state index in [0.717, 1.165) is 22.7 Å². The van der Waals surface area contributed by atoms with Crippen LogP contribution in [0.1, 0.15) is 32.0 Å². The van der Waals surface area contributed by atoms with Crippen molar-refractivity contribution in [2.45, 2.75) is 32.7 Å². The fraction of sp³-hybridized carbons (Fsp3) is 0.304. The third-order valence-electron chi connectivity index (χ3n) is 4.53. The number of amides is 1. The molecule has 1 amide bonds. The molecule has 1 N–H and O–H groups in total. The van der Waals surface area contributed by atoms with Gasteiger partial charge in [-0.15, -0.1) is 0 Å². The standard InChI is InChI=1S/C23H27N3O3/c1-23(2,3)20-14-22(29-25-20)24-21(27)16-26(15-17-8-6-5-7-9-17)18-10-12-19(28-4)13-11-18/h5-14H,15-16H2,1-4H3,(H,24,27). The van der Waals surface area contributed by atoms with E-state index in [9.17, 15) is 4.79 Å². The van der Waals surface area contributed by atoms with E-state index < -0.39 is 0 Å². The van der Waals surface area contributed by atoms with Crippen LogP contribution >= 0.6 is 0 Å². The molecule has 1 aromatic heterocycles. The molecule has 3 rings (SSSR count). The summed E-state index contributed by atoms with van der Waals surface area (Å²) < 4.78 is 10.5. The lowest BCUT2D eigenvalue weighted by molar-refractivity contribution is -0.115. The first-order valence-corrected chi connectivity index (χ1v) is 9.55. The summed E-state index contributed by atoms with van der Waals surface area (Å²) in [6.45, 7) is 6.90. The molecule has 29 heavy (non-hydrogen) atoms. The number of carbonyl (C=O) groups excluding carboxylic acids is 1. The molecule has 1 heterocycles. The van der Waals surface area contributed by atoms with E-state index in [-0.39, 0.29) is 17.9 Å². The van der Waals surface area contributed by atoms with Gasteiger partial charge in [-0.2, -0.15) is 0 Å². The number of ether oxygens (including phenoxy) is 1. The Morgan fingerprint density at radius 3 is 2.38 bits per heavy atom. The minimum absolute atomic E-state index is 0.144. The van der Waals surface area contributed by atoms with Crippen LogP contribution in [0.15, 0.2) is 65.2 Å². The van der Waals surface area contributed by atoms with E-state index in [2.05, 4.69) is 10.5 Å². The first-order chi connectivity index (χ1) is 13.8. The summed E-state index contributed by atoms with van der Waals surface area (Å²) >= 11 is 0. The van der Waals surface area contributed by atoms with Crippen molar-refractivity contribution in [1.29, 1.82) is 0 Å². The quantitative estimate of drug-likeness (QED) is 0.634. The molecule has 0 unspecified atom stereocenters. The van der Waals surface area contributed by atoms with Gasteiger partial charge >= 0.3 is 0 Å². The molecule has 3 aromatic rings. The molecule has 0 radical (unpaired) electrons. The van der Waals surface area contributed by atoms with Gasteiger partial charge in [-0.1, -0.05) is 56.3 Å². The number of rotatable bonds is 7. The van der Waals surface area contributed by atoms with Gasteiger partial charge in [0.25, 0.3) is 0 Å². The molecule has 152 valence electrons. The molecule has 0 saturated heterocycles. The van der Waals surface area contributed by atoms with Gasteiger partial charge in [-0.3, -0.25) is 10.1 Å². The summed E-state index contributed by atoms with van der Waals surface area (Å²) in [5.41, 5.74) is 2.70. The first-order valence-electron chi connectivity index (χ1n) is 9.55. The van der Waals surface area contributed by atoms with Crippen molar-refractivity contribution in [3.05, 3.63) is 71.9 Å². The minimum Gasteiger partial charge on any atom is -0.497 e. The van der Waals surface area contributed by atoms with Crippen molar-refractivity contribution >= 4 is 17.5 Å². The van der Waals surface area contributed by atoms with Gasteiger partial charge in [-0.05, 0) is 29.8 Å². The average molecular weight is 393 g/mol. The second-order valence-corrected chi connectivity index (χ2v) is 7.91. The molecule has 0 aliphatic heterocycles. The Bertz CT molecular complexity index is 928. The highest BCUT2D eigenvalue weighted by Gasteiger charge is 2.20. The number of hydrogen-bond acceptors (Lipinski definition) is 5. The molecule has 0 saturated carbocycles. The zero-order chi connectivity index (χ0) is 20.9. The minimum atomic E-state index is -0.173. The number of hydrogen-bond donors (Lipinski definition) is 1. The molecule has 6 nitrogen and oxygen atoms in total. The molecular formula is C23H27N3O3. The molecule has 6 heteroatoms. The number of carbonyl (C=O) groups is 1. The molecule has 0 aliphatic rings. The van der Waals surface area contributed by atoms with Crippen molar-refractivity contribution in [1.82, 2.24) is 5.16 Å². The summed E-state index contributed by atoms with van der Waals surface area (Å²) in [4.78, 5) is 14.7. The van der Waals surface area contributed by atoms with Crippen LogP contribution in [0.3, 0.4) is 0 Å². The van der Waals surface area contributed by atoms with Crippen LogP contribution in [0.2, 0.25) is 0 Å². The number of nitrogens with one attached hydrogen (secondary N) is 1. The van der Waals surface area contributed by atoms with Gasteiger partial charge in [-0.25, -0.2) is 0 Å². The fourth-order valence-corrected chi connectivity index (χ4v) is 2.87. The van der Waals surface area contributed by atoms with Gasteiger partial charge in [0, 0.05) is 23.7 Å². The first kappa shape index (κ1) is 20.5. The van der Waals surface area contributed by atoms with E-state index in [4.69, 9.17) is 9.26 Å². The van der Waals surface area contributed by atoms with Gasteiger partial charge in [0.15, 0.2) is 0 Å². The van der Waals surface area contributed by atoms with Gasteiger partial charge in [0.05, 0.1) is 19.3 Å². The zero-order valence-corrected chi connectivity index (χ0v) is 17.3. The monoisotopic (exact) mass is 393 g/mol. The highest BCUT2D eigenvalue weighted by molar-refractivity contribution is 5.93. The van der Waals surface area contributed by atoms with Crippen LogP contribution in [0.25, 0.3) is 0 Å².